The van der Waals surface area contributed by atoms with E-state index in [1.165, 1.54) is 4.88 Å². The fourth-order valence-electron chi connectivity index (χ4n) is 3.45. The number of nitrogens with two attached hydrogens (primary N) is 1. The van der Waals surface area contributed by atoms with Crippen molar-refractivity contribution in [3.63, 3.8) is 0 Å². The lowest BCUT2D eigenvalue weighted by atomic mass is 9.80. The SMILES string of the molecule is CCn1c(CN(C)Cc2csc(-c3cccs3)n2)nnc1C1CC(N)C1. The van der Waals surface area contributed by atoms with Crippen LogP contribution in [0.25, 0.3) is 9.88 Å². The van der Waals surface area contributed by atoms with Gasteiger partial charge in [0.2, 0.25) is 0 Å². The van der Waals surface area contributed by atoms with Crippen LogP contribution in [0.2, 0.25) is 0 Å². The molecule has 6 nitrogen and oxygen atoms in total. The number of nitrogens with zero attached hydrogens (tertiary/aromatic N) is 5. The summed E-state index contributed by atoms with van der Waals surface area (Å²) in [6.07, 6.45) is 2.05. The molecule has 2 N–H and O–H groups in total. The minimum atomic E-state index is 0.329. The van der Waals surface area contributed by atoms with Crippen molar-refractivity contribution in [1.29, 1.82) is 0 Å². The average Bonchev–Trinajstić information content (AvgIpc) is 3.32. The Morgan fingerprint density at radius 1 is 1.27 bits per heavy atom. The van der Waals surface area contributed by atoms with Gasteiger partial charge in [0.15, 0.2) is 0 Å². The van der Waals surface area contributed by atoms with E-state index in [4.69, 9.17) is 10.7 Å². The topological polar surface area (TPSA) is 72.9 Å². The van der Waals surface area contributed by atoms with Crippen LogP contribution in [-0.2, 0) is 19.6 Å². The molecule has 0 unspecified atom stereocenters. The molecular weight excluding hydrogens is 364 g/mol. The highest BCUT2D eigenvalue weighted by atomic mass is 32.1. The lowest BCUT2D eigenvalue weighted by molar-refractivity contribution is 0.297. The molecule has 0 atom stereocenters. The van der Waals surface area contributed by atoms with Gasteiger partial charge in [0.05, 0.1) is 17.1 Å². The minimum absolute atomic E-state index is 0.329. The third-order valence-electron chi connectivity index (χ3n) is 4.84. The quantitative estimate of drug-likeness (QED) is 0.672. The Morgan fingerprint density at radius 3 is 2.81 bits per heavy atom. The molecule has 3 aromatic rings. The van der Waals surface area contributed by atoms with E-state index in [1.54, 1.807) is 22.7 Å². The molecule has 0 saturated heterocycles. The summed E-state index contributed by atoms with van der Waals surface area (Å²) in [4.78, 5) is 8.26. The van der Waals surface area contributed by atoms with Gasteiger partial charge in [0.1, 0.15) is 16.7 Å². The smallest absolute Gasteiger partial charge is 0.147 e. The van der Waals surface area contributed by atoms with Crippen LogP contribution in [0.15, 0.2) is 22.9 Å². The molecule has 1 aliphatic rings. The summed E-state index contributed by atoms with van der Waals surface area (Å²) < 4.78 is 2.26. The first-order valence-corrected chi connectivity index (χ1v) is 10.7. The molecule has 1 fully saturated rings. The van der Waals surface area contributed by atoms with Crippen molar-refractivity contribution in [3.05, 3.63) is 40.2 Å². The standard InChI is InChI=1S/C18H24N6S2/c1-3-24-16(21-22-17(24)12-7-13(19)8-12)10-23(2)9-14-11-26-18(20-14)15-5-4-6-25-15/h4-6,11-13H,3,7-10,19H2,1-2H3. The Labute approximate surface area is 161 Å². The number of thiophene rings is 1. The molecule has 1 saturated carbocycles. The van der Waals surface area contributed by atoms with Crippen molar-refractivity contribution in [2.75, 3.05) is 7.05 Å². The van der Waals surface area contributed by atoms with E-state index in [0.29, 0.717) is 12.0 Å². The van der Waals surface area contributed by atoms with Crippen molar-refractivity contribution < 1.29 is 0 Å². The molecule has 3 aromatic heterocycles. The third kappa shape index (κ3) is 3.59. The lowest BCUT2D eigenvalue weighted by Gasteiger charge is -2.31. The summed E-state index contributed by atoms with van der Waals surface area (Å²) in [7, 11) is 2.11. The molecular formula is C18H24N6S2. The summed E-state index contributed by atoms with van der Waals surface area (Å²) in [5, 5.41) is 14.3. The number of hydrogen-bond donors (Lipinski definition) is 1. The summed E-state index contributed by atoms with van der Waals surface area (Å²) in [5.74, 6) is 2.61. The molecule has 0 radical (unpaired) electrons. The van der Waals surface area contributed by atoms with Gasteiger partial charge in [-0.2, -0.15) is 0 Å². The molecule has 3 heterocycles. The predicted octanol–water partition coefficient (Wildman–Crippen LogP) is 3.32. The molecule has 8 heteroatoms. The normalized spacial score (nSPS) is 19.8. The van der Waals surface area contributed by atoms with E-state index in [-0.39, 0.29) is 0 Å². The van der Waals surface area contributed by atoms with Gasteiger partial charge in [0.25, 0.3) is 0 Å². The van der Waals surface area contributed by atoms with Gasteiger partial charge >= 0.3 is 0 Å². The highest BCUT2D eigenvalue weighted by molar-refractivity contribution is 7.20. The summed E-state index contributed by atoms with van der Waals surface area (Å²) >= 11 is 3.44. The molecule has 0 aromatic carbocycles. The zero-order chi connectivity index (χ0) is 18.1. The van der Waals surface area contributed by atoms with Crippen LogP contribution >= 0.6 is 22.7 Å². The van der Waals surface area contributed by atoms with Crippen molar-refractivity contribution in [3.8, 4) is 9.88 Å². The largest absolute Gasteiger partial charge is 0.328 e. The number of thiazole rings is 1. The van der Waals surface area contributed by atoms with Gasteiger partial charge in [-0.15, -0.1) is 32.9 Å². The van der Waals surface area contributed by atoms with Crippen LogP contribution in [0.1, 0.15) is 43.0 Å². The van der Waals surface area contributed by atoms with Crippen LogP contribution in [0.5, 0.6) is 0 Å². The van der Waals surface area contributed by atoms with Gasteiger partial charge in [-0.1, -0.05) is 6.07 Å². The van der Waals surface area contributed by atoms with Crippen LogP contribution in [0.4, 0.5) is 0 Å². The van der Waals surface area contributed by atoms with Crippen molar-refractivity contribution in [2.45, 2.75) is 51.4 Å². The highest BCUT2D eigenvalue weighted by Crippen LogP contribution is 2.35. The molecule has 26 heavy (non-hydrogen) atoms. The Bertz CT molecular complexity index is 847. The van der Waals surface area contributed by atoms with Crippen LogP contribution in [-0.4, -0.2) is 37.7 Å². The fraction of sp³-hybridized carbons (Fsp3) is 0.500. The van der Waals surface area contributed by atoms with E-state index < -0.39 is 0 Å². The highest BCUT2D eigenvalue weighted by Gasteiger charge is 2.32. The molecule has 138 valence electrons. The second-order valence-corrected chi connectivity index (χ2v) is 8.75. The maximum absolute atomic E-state index is 5.94. The van der Waals surface area contributed by atoms with Gasteiger partial charge in [-0.05, 0) is 38.3 Å². The first-order valence-electron chi connectivity index (χ1n) is 8.98. The second-order valence-electron chi connectivity index (χ2n) is 6.94. The average molecular weight is 389 g/mol. The summed E-state index contributed by atoms with van der Waals surface area (Å²) in [6, 6.07) is 4.52. The molecule has 0 bridgehead atoms. The van der Waals surface area contributed by atoms with Crippen LogP contribution < -0.4 is 5.73 Å². The van der Waals surface area contributed by atoms with E-state index in [2.05, 4.69) is 56.5 Å². The zero-order valence-electron chi connectivity index (χ0n) is 15.1. The molecule has 1 aliphatic carbocycles. The first-order chi connectivity index (χ1) is 12.6. The summed E-state index contributed by atoms with van der Waals surface area (Å²) in [6.45, 7) is 4.63. The monoisotopic (exact) mass is 388 g/mol. The van der Waals surface area contributed by atoms with Crippen molar-refractivity contribution in [1.82, 2.24) is 24.6 Å². The van der Waals surface area contributed by atoms with E-state index in [1.807, 2.05) is 0 Å². The summed E-state index contributed by atoms with van der Waals surface area (Å²) in [5.41, 5.74) is 7.04. The Balaban J connectivity index is 1.41. The maximum Gasteiger partial charge on any atom is 0.147 e. The minimum Gasteiger partial charge on any atom is -0.328 e. The van der Waals surface area contributed by atoms with Crippen LogP contribution in [0.3, 0.4) is 0 Å². The fourth-order valence-corrected chi connectivity index (χ4v) is 5.08. The number of hydrogen-bond acceptors (Lipinski definition) is 7. The van der Waals surface area contributed by atoms with Gasteiger partial charge < -0.3 is 10.3 Å². The van der Waals surface area contributed by atoms with Crippen LogP contribution in [0, 0.1) is 0 Å². The van der Waals surface area contributed by atoms with Crippen molar-refractivity contribution >= 4 is 22.7 Å². The number of aromatic nitrogens is 4. The van der Waals surface area contributed by atoms with E-state index in [9.17, 15) is 0 Å². The molecule has 0 spiro atoms. The maximum atomic E-state index is 5.94. The van der Waals surface area contributed by atoms with Gasteiger partial charge in [-0.3, -0.25) is 4.90 Å². The Kier molecular flexibility index (Phi) is 5.17. The number of rotatable bonds is 7. The van der Waals surface area contributed by atoms with E-state index in [0.717, 1.165) is 54.8 Å². The Hall–Kier alpha value is -1.61. The predicted molar refractivity (Wildman–Crippen MR) is 106 cm³/mol. The lowest BCUT2D eigenvalue weighted by Crippen LogP contribution is -2.36. The zero-order valence-corrected chi connectivity index (χ0v) is 16.8. The first kappa shape index (κ1) is 17.8. The molecule has 0 aliphatic heterocycles. The molecule has 4 rings (SSSR count). The third-order valence-corrected chi connectivity index (χ3v) is 6.77. The molecule has 0 amide bonds. The second kappa shape index (κ2) is 7.56. The Morgan fingerprint density at radius 2 is 2.12 bits per heavy atom. The van der Waals surface area contributed by atoms with Gasteiger partial charge in [0, 0.05) is 30.4 Å². The van der Waals surface area contributed by atoms with Crippen molar-refractivity contribution in [2.24, 2.45) is 5.73 Å². The van der Waals surface area contributed by atoms with E-state index >= 15 is 0 Å². The van der Waals surface area contributed by atoms with Gasteiger partial charge in [-0.25, -0.2) is 4.98 Å².